The summed E-state index contributed by atoms with van der Waals surface area (Å²) in [6, 6.07) is 4.84. The number of nitrogens with zero attached hydrogens (tertiary/aromatic N) is 1. The minimum atomic E-state index is -0.681. The van der Waals surface area contributed by atoms with Crippen LogP contribution in [0.4, 0.5) is 0 Å². The van der Waals surface area contributed by atoms with Crippen LogP contribution in [0, 0.1) is 11.3 Å². The third-order valence-corrected chi connectivity index (χ3v) is 3.36. The Morgan fingerprint density at radius 3 is 2.36 bits per heavy atom. The number of rotatable bonds is 7. The number of nitriles is 1. The lowest BCUT2D eigenvalue weighted by Gasteiger charge is -2.11. The molecule has 1 aromatic rings. The number of halogens is 1. The molecule has 0 aliphatic carbocycles. The molecule has 8 heteroatoms. The molecule has 0 aromatic heterocycles. The SMILES string of the molecule is COc1cc(C(=O)OCC(=O)NCCC#N)cc(OC)c1Br. The van der Waals surface area contributed by atoms with Gasteiger partial charge in [-0.05, 0) is 28.1 Å². The molecule has 22 heavy (non-hydrogen) atoms. The van der Waals surface area contributed by atoms with Gasteiger partial charge in [0.25, 0.3) is 5.91 Å². The van der Waals surface area contributed by atoms with Crippen molar-refractivity contribution in [3.05, 3.63) is 22.2 Å². The summed E-state index contributed by atoms with van der Waals surface area (Å²) in [7, 11) is 2.91. The molecule has 0 unspecified atom stereocenters. The highest BCUT2D eigenvalue weighted by Gasteiger charge is 2.16. The van der Waals surface area contributed by atoms with E-state index in [0.717, 1.165) is 0 Å². The number of ether oxygens (including phenoxy) is 3. The van der Waals surface area contributed by atoms with Crippen LogP contribution in [-0.4, -0.2) is 39.2 Å². The average molecular weight is 371 g/mol. The van der Waals surface area contributed by atoms with Gasteiger partial charge < -0.3 is 19.5 Å². The summed E-state index contributed by atoms with van der Waals surface area (Å²) in [6.07, 6.45) is 0.195. The summed E-state index contributed by atoms with van der Waals surface area (Å²) >= 11 is 3.29. The summed E-state index contributed by atoms with van der Waals surface area (Å²) in [6.45, 7) is -0.211. The van der Waals surface area contributed by atoms with Gasteiger partial charge in [-0.1, -0.05) is 0 Å². The first-order valence-electron chi connectivity index (χ1n) is 6.25. The third kappa shape index (κ3) is 4.93. The number of benzene rings is 1. The topological polar surface area (TPSA) is 97.6 Å². The Kier molecular flexibility index (Phi) is 7.19. The van der Waals surface area contributed by atoms with Gasteiger partial charge in [0.15, 0.2) is 6.61 Å². The van der Waals surface area contributed by atoms with Crippen molar-refractivity contribution in [2.24, 2.45) is 0 Å². The van der Waals surface area contributed by atoms with E-state index in [4.69, 9.17) is 19.5 Å². The normalized spacial score (nSPS) is 9.55. The highest BCUT2D eigenvalue weighted by Crippen LogP contribution is 2.35. The molecule has 1 N–H and O–H groups in total. The maximum absolute atomic E-state index is 11.9. The molecule has 118 valence electrons. The average Bonchev–Trinajstić information content (AvgIpc) is 2.53. The van der Waals surface area contributed by atoms with Crippen LogP contribution in [-0.2, 0) is 9.53 Å². The van der Waals surface area contributed by atoms with Crippen molar-refractivity contribution in [1.29, 1.82) is 5.26 Å². The molecule has 0 aliphatic rings. The molecule has 0 saturated heterocycles. The van der Waals surface area contributed by atoms with Gasteiger partial charge in [-0.25, -0.2) is 4.79 Å². The first-order valence-corrected chi connectivity index (χ1v) is 7.05. The second-order valence-electron chi connectivity index (χ2n) is 4.03. The van der Waals surface area contributed by atoms with Crippen molar-refractivity contribution in [2.45, 2.75) is 6.42 Å². The fourth-order valence-corrected chi connectivity index (χ4v) is 2.06. The van der Waals surface area contributed by atoms with Crippen LogP contribution in [0.15, 0.2) is 16.6 Å². The smallest absolute Gasteiger partial charge is 0.338 e. The lowest BCUT2D eigenvalue weighted by Crippen LogP contribution is -2.29. The van der Waals surface area contributed by atoms with Crippen LogP contribution in [0.25, 0.3) is 0 Å². The van der Waals surface area contributed by atoms with E-state index in [2.05, 4.69) is 21.2 Å². The van der Waals surface area contributed by atoms with Crippen molar-refractivity contribution in [3.8, 4) is 17.6 Å². The Morgan fingerprint density at radius 2 is 1.86 bits per heavy atom. The molecule has 0 bridgehead atoms. The second-order valence-corrected chi connectivity index (χ2v) is 4.82. The Balaban J connectivity index is 2.70. The van der Waals surface area contributed by atoms with Crippen LogP contribution in [0.1, 0.15) is 16.8 Å². The largest absolute Gasteiger partial charge is 0.495 e. The van der Waals surface area contributed by atoms with Crippen LogP contribution in [0.3, 0.4) is 0 Å². The maximum atomic E-state index is 11.9. The van der Waals surface area contributed by atoms with Gasteiger partial charge in [0.2, 0.25) is 0 Å². The highest BCUT2D eigenvalue weighted by atomic mass is 79.9. The molecule has 0 atom stereocenters. The van der Waals surface area contributed by atoms with Gasteiger partial charge in [0.1, 0.15) is 16.0 Å². The summed E-state index contributed by atoms with van der Waals surface area (Å²) in [5.74, 6) is -0.339. The van der Waals surface area contributed by atoms with Gasteiger partial charge in [-0.15, -0.1) is 0 Å². The van der Waals surface area contributed by atoms with E-state index < -0.39 is 18.5 Å². The number of methoxy groups -OCH3 is 2. The van der Waals surface area contributed by atoms with Crippen molar-refractivity contribution in [3.63, 3.8) is 0 Å². The van der Waals surface area contributed by atoms with E-state index in [1.807, 2.05) is 6.07 Å². The molecule has 1 aromatic carbocycles. The molecule has 1 rings (SSSR count). The Hall–Kier alpha value is -2.27. The van der Waals surface area contributed by atoms with Crippen molar-refractivity contribution in [2.75, 3.05) is 27.4 Å². The zero-order valence-corrected chi connectivity index (χ0v) is 13.7. The Labute approximate surface area is 136 Å². The molecule has 1 amide bonds. The van der Waals surface area contributed by atoms with Crippen LogP contribution >= 0.6 is 15.9 Å². The number of nitrogens with one attached hydrogen (secondary N) is 1. The summed E-state index contributed by atoms with van der Waals surface area (Å²) in [4.78, 5) is 23.3. The minimum Gasteiger partial charge on any atom is -0.495 e. The lowest BCUT2D eigenvalue weighted by atomic mass is 10.2. The number of carbonyl (C=O) groups excluding carboxylic acids is 2. The van der Waals surface area contributed by atoms with E-state index in [0.29, 0.717) is 16.0 Å². The van der Waals surface area contributed by atoms with Crippen molar-refractivity contribution >= 4 is 27.8 Å². The molecule has 0 spiro atoms. The predicted molar refractivity (Wildman–Crippen MR) is 80.8 cm³/mol. The standard InChI is InChI=1S/C14H15BrN2O5/c1-20-10-6-9(7-11(21-2)13(10)15)14(19)22-8-12(18)17-5-3-4-16/h6-7H,3,5,8H2,1-2H3,(H,17,18). The molecule has 0 saturated carbocycles. The summed E-state index contributed by atoms with van der Waals surface area (Å²) in [5, 5.41) is 10.8. The monoisotopic (exact) mass is 370 g/mol. The first kappa shape index (κ1) is 17.8. The van der Waals surface area contributed by atoms with Gasteiger partial charge in [-0.2, -0.15) is 5.26 Å². The quantitative estimate of drug-likeness (QED) is 0.578. The van der Waals surface area contributed by atoms with E-state index in [1.165, 1.54) is 26.4 Å². The Morgan fingerprint density at radius 1 is 1.27 bits per heavy atom. The molecule has 0 fully saturated rings. The summed E-state index contributed by atoms with van der Waals surface area (Å²) < 4.78 is 15.7. The van der Waals surface area contributed by atoms with E-state index >= 15 is 0 Å². The summed E-state index contributed by atoms with van der Waals surface area (Å²) in [5.41, 5.74) is 0.196. The molecule has 0 radical (unpaired) electrons. The number of hydrogen-bond donors (Lipinski definition) is 1. The third-order valence-electron chi connectivity index (χ3n) is 2.57. The first-order chi connectivity index (χ1) is 10.5. The molecular weight excluding hydrogens is 356 g/mol. The van der Waals surface area contributed by atoms with E-state index in [1.54, 1.807) is 0 Å². The van der Waals surface area contributed by atoms with Gasteiger partial charge in [0, 0.05) is 6.54 Å². The second kappa shape index (κ2) is 8.89. The number of carbonyl (C=O) groups is 2. The minimum absolute atomic E-state index is 0.195. The van der Waals surface area contributed by atoms with Crippen LogP contribution in [0.2, 0.25) is 0 Å². The molecule has 0 aliphatic heterocycles. The molecule has 7 nitrogen and oxygen atoms in total. The zero-order chi connectivity index (χ0) is 16.5. The van der Waals surface area contributed by atoms with Gasteiger partial charge in [-0.3, -0.25) is 4.79 Å². The number of esters is 1. The van der Waals surface area contributed by atoms with Crippen molar-refractivity contribution < 1.29 is 23.8 Å². The number of amides is 1. The lowest BCUT2D eigenvalue weighted by molar-refractivity contribution is -0.124. The maximum Gasteiger partial charge on any atom is 0.338 e. The van der Waals surface area contributed by atoms with E-state index in [9.17, 15) is 9.59 Å². The Bertz CT molecular complexity index is 572. The fraction of sp³-hybridized carbons (Fsp3) is 0.357. The highest BCUT2D eigenvalue weighted by molar-refractivity contribution is 9.10. The van der Waals surface area contributed by atoms with Gasteiger partial charge >= 0.3 is 5.97 Å². The zero-order valence-electron chi connectivity index (χ0n) is 12.1. The molecular formula is C14H15BrN2O5. The number of hydrogen-bond acceptors (Lipinski definition) is 6. The van der Waals surface area contributed by atoms with Crippen LogP contribution in [0.5, 0.6) is 11.5 Å². The van der Waals surface area contributed by atoms with Crippen LogP contribution < -0.4 is 14.8 Å². The molecule has 0 heterocycles. The van der Waals surface area contributed by atoms with Gasteiger partial charge in [0.05, 0.1) is 32.3 Å². The van der Waals surface area contributed by atoms with Crippen molar-refractivity contribution in [1.82, 2.24) is 5.32 Å². The van der Waals surface area contributed by atoms with E-state index in [-0.39, 0.29) is 18.5 Å². The fourth-order valence-electron chi connectivity index (χ4n) is 1.51. The predicted octanol–water partition coefficient (Wildman–Crippen LogP) is 1.65.